The smallest absolute Gasteiger partial charge is 0.315 e. The average molecular weight is 411 g/mol. The number of carbonyl (C=O) groups excluding carboxylic acids is 2. The molecule has 0 saturated carbocycles. The number of benzene rings is 2. The van der Waals surface area contributed by atoms with Crippen LogP contribution in [-0.4, -0.2) is 36.0 Å². The Labute approximate surface area is 180 Å². The highest BCUT2D eigenvalue weighted by Crippen LogP contribution is 2.12. The van der Waals surface area contributed by atoms with E-state index < -0.39 is 0 Å². The third kappa shape index (κ3) is 7.52. The largest absolute Gasteiger partial charge is 0.348 e. The van der Waals surface area contributed by atoms with Gasteiger partial charge in [0.1, 0.15) is 0 Å². The summed E-state index contributed by atoms with van der Waals surface area (Å²) in [6, 6.07) is 15.4. The molecule has 0 spiro atoms. The van der Waals surface area contributed by atoms with Crippen molar-refractivity contribution in [1.82, 2.24) is 20.9 Å². The third-order valence-electron chi connectivity index (χ3n) is 4.94. The lowest BCUT2D eigenvalue weighted by molar-refractivity contribution is 0.0950. The number of urea groups is 1. The van der Waals surface area contributed by atoms with Gasteiger partial charge in [-0.1, -0.05) is 50.2 Å². The second kappa shape index (κ2) is 12.0. The first-order chi connectivity index (χ1) is 14.4. The third-order valence-corrected chi connectivity index (χ3v) is 4.94. The van der Waals surface area contributed by atoms with E-state index >= 15 is 0 Å². The second-order valence-electron chi connectivity index (χ2n) is 7.59. The Bertz CT molecular complexity index is 814. The van der Waals surface area contributed by atoms with Gasteiger partial charge >= 0.3 is 6.03 Å². The van der Waals surface area contributed by atoms with Crippen LogP contribution in [0.25, 0.3) is 0 Å². The molecule has 2 aromatic rings. The van der Waals surface area contributed by atoms with E-state index in [1.807, 2.05) is 38.1 Å². The van der Waals surface area contributed by atoms with E-state index in [-0.39, 0.29) is 18.0 Å². The monoisotopic (exact) mass is 410 g/mol. The second-order valence-corrected chi connectivity index (χ2v) is 7.59. The van der Waals surface area contributed by atoms with Gasteiger partial charge in [0.2, 0.25) is 0 Å². The first-order valence-electron chi connectivity index (χ1n) is 10.6. The van der Waals surface area contributed by atoms with Crippen LogP contribution >= 0.6 is 0 Å². The van der Waals surface area contributed by atoms with Gasteiger partial charge in [-0.2, -0.15) is 0 Å². The van der Waals surface area contributed by atoms with Crippen LogP contribution in [-0.2, 0) is 19.6 Å². The molecule has 0 bridgehead atoms. The minimum absolute atomic E-state index is 0.0909. The quantitative estimate of drug-likeness (QED) is 0.560. The topological polar surface area (TPSA) is 73.5 Å². The van der Waals surface area contributed by atoms with Gasteiger partial charge in [-0.3, -0.25) is 9.69 Å². The van der Waals surface area contributed by atoms with Crippen molar-refractivity contribution in [3.05, 3.63) is 70.8 Å². The lowest BCUT2D eigenvalue weighted by atomic mass is 10.1. The Morgan fingerprint density at radius 3 is 2.10 bits per heavy atom. The molecular weight excluding hydrogens is 376 g/mol. The summed E-state index contributed by atoms with van der Waals surface area (Å²) >= 11 is 0. The fraction of sp³-hybridized carbons (Fsp3) is 0.417. The van der Waals surface area contributed by atoms with Crippen LogP contribution in [0.4, 0.5) is 4.79 Å². The van der Waals surface area contributed by atoms with Crippen LogP contribution in [0.1, 0.15) is 54.7 Å². The summed E-state index contributed by atoms with van der Waals surface area (Å²) in [5, 5.41) is 8.60. The Hall–Kier alpha value is -2.86. The van der Waals surface area contributed by atoms with E-state index in [9.17, 15) is 9.59 Å². The van der Waals surface area contributed by atoms with Gasteiger partial charge < -0.3 is 16.0 Å². The maximum absolute atomic E-state index is 12.6. The van der Waals surface area contributed by atoms with Crippen molar-refractivity contribution in [2.75, 3.05) is 13.1 Å². The van der Waals surface area contributed by atoms with Gasteiger partial charge in [0, 0.05) is 31.2 Å². The van der Waals surface area contributed by atoms with Crippen molar-refractivity contribution in [2.24, 2.45) is 0 Å². The van der Waals surface area contributed by atoms with Crippen molar-refractivity contribution < 1.29 is 9.59 Å². The number of hydrogen-bond donors (Lipinski definition) is 3. The zero-order valence-corrected chi connectivity index (χ0v) is 18.5. The van der Waals surface area contributed by atoms with Gasteiger partial charge in [0.15, 0.2) is 0 Å². The van der Waals surface area contributed by atoms with E-state index in [4.69, 9.17) is 0 Å². The van der Waals surface area contributed by atoms with Gasteiger partial charge in [-0.05, 0) is 55.8 Å². The first kappa shape index (κ1) is 23.4. The number of hydrogen-bond acceptors (Lipinski definition) is 3. The van der Waals surface area contributed by atoms with Crippen LogP contribution in [0.2, 0.25) is 0 Å². The van der Waals surface area contributed by atoms with Gasteiger partial charge in [-0.15, -0.1) is 0 Å². The molecule has 6 heteroatoms. The van der Waals surface area contributed by atoms with E-state index in [0.717, 1.165) is 30.8 Å². The molecule has 2 rings (SSSR count). The number of nitrogens with one attached hydrogen (secondary N) is 3. The predicted molar refractivity (Wildman–Crippen MR) is 121 cm³/mol. The molecule has 2 aromatic carbocycles. The molecule has 0 radical (unpaired) electrons. The Morgan fingerprint density at radius 2 is 1.50 bits per heavy atom. The van der Waals surface area contributed by atoms with E-state index in [0.29, 0.717) is 18.7 Å². The van der Waals surface area contributed by atoms with Crippen LogP contribution < -0.4 is 16.0 Å². The summed E-state index contributed by atoms with van der Waals surface area (Å²) in [4.78, 5) is 26.6. The van der Waals surface area contributed by atoms with Crippen LogP contribution in [0.15, 0.2) is 48.5 Å². The van der Waals surface area contributed by atoms with E-state index in [1.54, 1.807) is 12.1 Å². The fourth-order valence-electron chi connectivity index (χ4n) is 3.12. The van der Waals surface area contributed by atoms with Gasteiger partial charge in [-0.25, -0.2) is 4.79 Å². The molecule has 0 atom stereocenters. The van der Waals surface area contributed by atoms with E-state index in [2.05, 4.69) is 46.8 Å². The van der Waals surface area contributed by atoms with Gasteiger partial charge in [0.25, 0.3) is 5.91 Å². The summed E-state index contributed by atoms with van der Waals surface area (Å²) in [6.45, 7) is 11.9. The van der Waals surface area contributed by atoms with Gasteiger partial charge in [0.05, 0.1) is 0 Å². The Balaban J connectivity index is 1.90. The SMILES string of the molecule is CCN(CC)Cc1ccccc1CNC(=O)c1ccc(CNC(=O)NC(C)C)cc1. The number of carbonyl (C=O) groups is 2. The minimum atomic E-state index is -0.199. The molecule has 0 heterocycles. The molecular formula is C24H34N4O2. The molecule has 0 aliphatic carbocycles. The van der Waals surface area contributed by atoms with Crippen molar-refractivity contribution >= 4 is 11.9 Å². The zero-order chi connectivity index (χ0) is 21.9. The highest BCUT2D eigenvalue weighted by molar-refractivity contribution is 5.94. The molecule has 3 N–H and O–H groups in total. The summed E-state index contributed by atoms with van der Waals surface area (Å²) in [7, 11) is 0. The fourth-order valence-corrected chi connectivity index (χ4v) is 3.12. The van der Waals surface area contributed by atoms with Crippen molar-refractivity contribution in [3.63, 3.8) is 0 Å². The predicted octanol–water partition coefficient (Wildman–Crippen LogP) is 3.67. The number of nitrogens with zero attached hydrogens (tertiary/aromatic N) is 1. The van der Waals surface area contributed by atoms with Crippen molar-refractivity contribution in [2.45, 2.75) is 53.4 Å². The average Bonchev–Trinajstić information content (AvgIpc) is 2.75. The molecule has 30 heavy (non-hydrogen) atoms. The molecule has 3 amide bonds. The summed E-state index contributed by atoms with van der Waals surface area (Å²) < 4.78 is 0. The molecule has 0 aromatic heterocycles. The van der Waals surface area contributed by atoms with E-state index in [1.165, 1.54) is 5.56 Å². The van der Waals surface area contributed by atoms with Crippen molar-refractivity contribution in [1.29, 1.82) is 0 Å². The summed E-state index contributed by atoms with van der Waals surface area (Å²) in [6.07, 6.45) is 0. The number of rotatable bonds is 10. The zero-order valence-electron chi connectivity index (χ0n) is 18.5. The molecule has 0 aliphatic heterocycles. The molecule has 0 aliphatic rings. The molecule has 162 valence electrons. The van der Waals surface area contributed by atoms with Crippen LogP contribution in [0, 0.1) is 0 Å². The normalized spacial score (nSPS) is 10.9. The Morgan fingerprint density at radius 1 is 0.867 bits per heavy atom. The first-order valence-corrected chi connectivity index (χ1v) is 10.6. The highest BCUT2D eigenvalue weighted by atomic mass is 16.2. The maximum atomic E-state index is 12.6. The maximum Gasteiger partial charge on any atom is 0.315 e. The van der Waals surface area contributed by atoms with Crippen molar-refractivity contribution in [3.8, 4) is 0 Å². The summed E-state index contributed by atoms with van der Waals surface area (Å²) in [5.74, 6) is -0.107. The lowest BCUT2D eigenvalue weighted by Gasteiger charge is -2.20. The van der Waals surface area contributed by atoms with Crippen LogP contribution in [0.3, 0.4) is 0 Å². The van der Waals surface area contributed by atoms with Crippen LogP contribution in [0.5, 0.6) is 0 Å². The molecule has 0 unspecified atom stereocenters. The minimum Gasteiger partial charge on any atom is -0.348 e. The molecule has 6 nitrogen and oxygen atoms in total. The lowest BCUT2D eigenvalue weighted by Crippen LogP contribution is -2.39. The molecule has 0 saturated heterocycles. The summed E-state index contributed by atoms with van der Waals surface area (Å²) in [5.41, 5.74) is 3.92. The Kier molecular flexibility index (Phi) is 9.35. The highest BCUT2D eigenvalue weighted by Gasteiger charge is 2.10. The standard InChI is InChI=1S/C24H34N4O2/c1-5-28(6-2)17-22-10-8-7-9-21(22)16-25-23(29)20-13-11-19(12-14-20)15-26-24(30)27-18(3)4/h7-14,18H,5-6,15-17H2,1-4H3,(H,25,29)(H2,26,27,30). The molecule has 0 fully saturated rings. The number of amides is 3.